The van der Waals surface area contributed by atoms with Crippen LogP contribution in [0.25, 0.3) is 0 Å². The second-order valence-electron chi connectivity index (χ2n) is 6.14. The van der Waals surface area contributed by atoms with Crippen molar-refractivity contribution in [3.05, 3.63) is 83.8 Å². The second-order valence-corrected chi connectivity index (χ2v) is 6.14. The van der Waals surface area contributed by atoms with Crippen LogP contribution in [-0.2, 0) is 17.8 Å². The number of rotatable bonds is 8. The largest absolute Gasteiger partial charge is 0.484 e. The molecular weight excluding hydrogens is 356 g/mol. The molecule has 144 valence electrons. The summed E-state index contributed by atoms with van der Waals surface area (Å²) in [5.41, 5.74) is 2.00. The van der Waals surface area contributed by atoms with Gasteiger partial charge in [-0.15, -0.1) is 0 Å². The fourth-order valence-electron chi connectivity index (χ4n) is 2.62. The molecule has 0 saturated heterocycles. The standard InChI is InChI=1S/C22H22N2O4/c1-2-16-9-11-17(12-10-16)28-15-21(25)24-20-8-4-3-7-19(20)22(26)23-14-18-6-5-13-27-18/h3-13H,2,14-15H2,1H3,(H,23,26)(H,24,25). The summed E-state index contributed by atoms with van der Waals surface area (Å²) in [6.45, 7) is 2.20. The van der Waals surface area contributed by atoms with Crippen LogP contribution < -0.4 is 15.4 Å². The average Bonchev–Trinajstić information content (AvgIpc) is 3.25. The summed E-state index contributed by atoms with van der Waals surface area (Å²) in [5, 5.41) is 5.50. The molecule has 6 nitrogen and oxygen atoms in total. The smallest absolute Gasteiger partial charge is 0.262 e. The summed E-state index contributed by atoms with van der Waals surface area (Å²) < 4.78 is 10.7. The predicted octanol–water partition coefficient (Wildman–Crippen LogP) is 3.79. The third-order valence-electron chi connectivity index (χ3n) is 4.15. The Morgan fingerprint density at radius 2 is 1.79 bits per heavy atom. The molecule has 2 amide bonds. The van der Waals surface area contributed by atoms with Crippen molar-refractivity contribution in [1.29, 1.82) is 0 Å². The van der Waals surface area contributed by atoms with Gasteiger partial charge in [0.15, 0.2) is 6.61 Å². The van der Waals surface area contributed by atoms with Gasteiger partial charge in [-0.25, -0.2) is 0 Å². The fraction of sp³-hybridized carbons (Fsp3) is 0.182. The Bertz CT molecular complexity index is 918. The van der Waals surface area contributed by atoms with Crippen LogP contribution in [0, 0.1) is 0 Å². The van der Waals surface area contributed by atoms with E-state index in [4.69, 9.17) is 9.15 Å². The highest BCUT2D eigenvalue weighted by molar-refractivity contribution is 6.03. The molecule has 0 aliphatic carbocycles. The van der Waals surface area contributed by atoms with Crippen molar-refractivity contribution >= 4 is 17.5 Å². The Labute approximate surface area is 163 Å². The molecule has 6 heteroatoms. The van der Waals surface area contributed by atoms with Crippen molar-refractivity contribution in [2.24, 2.45) is 0 Å². The molecule has 1 heterocycles. The average molecular weight is 378 g/mol. The molecule has 0 bridgehead atoms. The third-order valence-corrected chi connectivity index (χ3v) is 4.15. The minimum absolute atomic E-state index is 0.145. The quantitative estimate of drug-likeness (QED) is 0.625. The Kier molecular flexibility index (Phi) is 6.46. The Balaban J connectivity index is 1.57. The molecule has 0 aliphatic rings. The topological polar surface area (TPSA) is 80.6 Å². The van der Waals surface area contributed by atoms with Crippen LogP contribution in [0.4, 0.5) is 5.69 Å². The molecule has 3 aromatic rings. The van der Waals surface area contributed by atoms with Gasteiger partial charge in [-0.05, 0) is 48.4 Å². The number of anilines is 1. The van der Waals surface area contributed by atoms with Crippen LogP contribution in [0.3, 0.4) is 0 Å². The van der Waals surface area contributed by atoms with Gasteiger partial charge in [-0.2, -0.15) is 0 Å². The van der Waals surface area contributed by atoms with Crippen molar-refractivity contribution in [3.8, 4) is 5.75 Å². The number of benzene rings is 2. The summed E-state index contributed by atoms with van der Waals surface area (Å²) in [4.78, 5) is 24.7. The first kappa shape index (κ1) is 19.2. The van der Waals surface area contributed by atoms with Gasteiger partial charge in [0.2, 0.25) is 0 Å². The highest BCUT2D eigenvalue weighted by Gasteiger charge is 2.13. The number of amides is 2. The molecule has 0 aliphatic heterocycles. The number of nitrogens with one attached hydrogen (secondary N) is 2. The number of furan rings is 1. The van der Waals surface area contributed by atoms with E-state index in [0.29, 0.717) is 22.8 Å². The van der Waals surface area contributed by atoms with Crippen LogP contribution in [0.15, 0.2) is 71.3 Å². The van der Waals surface area contributed by atoms with Crippen LogP contribution in [-0.4, -0.2) is 18.4 Å². The van der Waals surface area contributed by atoms with Gasteiger partial charge in [0.05, 0.1) is 24.1 Å². The van der Waals surface area contributed by atoms with Crippen molar-refractivity contribution in [2.45, 2.75) is 19.9 Å². The zero-order valence-corrected chi connectivity index (χ0v) is 15.6. The highest BCUT2D eigenvalue weighted by atomic mass is 16.5. The highest BCUT2D eigenvalue weighted by Crippen LogP contribution is 2.16. The van der Waals surface area contributed by atoms with Gasteiger partial charge in [0, 0.05) is 0 Å². The van der Waals surface area contributed by atoms with E-state index in [2.05, 4.69) is 17.6 Å². The first-order valence-corrected chi connectivity index (χ1v) is 9.07. The summed E-state index contributed by atoms with van der Waals surface area (Å²) in [5.74, 6) is 0.628. The zero-order valence-electron chi connectivity index (χ0n) is 15.6. The van der Waals surface area contributed by atoms with Gasteiger partial charge in [-0.3, -0.25) is 9.59 Å². The molecule has 2 N–H and O–H groups in total. The molecular formula is C22H22N2O4. The number of hydrogen-bond donors (Lipinski definition) is 2. The van der Waals surface area contributed by atoms with Gasteiger partial charge >= 0.3 is 0 Å². The molecule has 0 radical (unpaired) electrons. The number of ether oxygens (including phenoxy) is 1. The van der Waals surface area contributed by atoms with E-state index in [9.17, 15) is 9.59 Å². The minimum atomic E-state index is -0.342. The molecule has 0 fully saturated rings. The summed E-state index contributed by atoms with van der Waals surface area (Å²) in [7, 11) is 0. The summed E-state index contributed by atoms with van der Waals surface area (Å²) in [6, 6.07) is 17.9. The van der Waals surface area contributed by atoms with Gasteiger partial charge < -0.3 is 19.8 Å². The lowest BCUT2D eigenvalue weighted by Gasteiger charge is -2.12. The first-order valence-electron chi connectivity index (χ1n) is 9.07. The van der Waals surface area contributed by atoms with Gasteiger partial charge in [0.25, 0.3) is 11.8 Å². The SMILES string of the molecule is CCc1ccc(OCC(=O)Nc2ccccc2C(=O)NCc2ccco2)cc1. The van der Waals surface area contributed by atoms with Crippen LogP contribution in [0.2, 0.25) is 0 Å². The molecule has 0 spiro atoms. The Morgan fingerprint density at radius 3 is 2.50 bits per heavy atom. The molecule has 2 aromatic carbocycles. The Hall–Kier alpha value is -3.54. The lowest BCUT2D eigenvalue weighted by molar-refractivity contribution is -0.118. The van der Waals surface area contributed by atoms with E-state index >= 15 is 0 Å². The molecule has 1 aromatic heterocycles. The van der Waals surface area contributed by atoms with Gasteiger partial charge in [0.1, 0.15) is 11.5 Å². The van der Waals surface area contributed by atoms with E-state index in [1.807, 2.05) is 24.3 Å². The monoisotopic (exact) mass is 378 g/mol. The first-order chi connectivity index (χ1) is 13.7. The third kappa shape index (κ3) is 5.23. The van der Waals surface area contributed by atoms with Crippen molar-refractivity contribution in [2.75, 3.05) is 11.9 Å². The van der Waals surface area contributed by atoms with E-state index in [0.717, 1.165) is 6.42 Å². The van der Waals surface area contributed by atoms with E-state index < -0.39 is 0 Å². The molecule has 0 saturated carbocycles. The summed E-state index contributed by atoms with van der Waals surface area (Å²) in [6.07, 6.45) is 2.49. The summed E-state index contributed by atoms with van der Waals surface area (Å²) >= 11 is 0. The number of carbonyl (C=O) groups is 2. The Morgan fingerprint density at radius 1 is 1.00 bits per heavy atom. The van der Waals surface area contributed by atoms with Crippen molar-refractivity contribution in [1.82, 2.24) is 5.32 Å². The normalized spacial score (nSPS) is 10.3. The zero-order chi connectivity index (χ0) is 19.8. The van der Waals surface area contributed by atoms with E-state index in [1.54, 1.807) is 42.7 Å². The predicted molar refractivity (Wildman–Crippen MR) is 106 cm³/mol. The lowest BCUT2D eigenvalue weighted by atomic mass is 10.1. The maximum absolute atomic E-state index is 12.4. The van der Waals surface area contributed by atoms with E-state index in [-0.39, 0.29) is 25.0 Å². The van der Waals surface area contributed by atoms with Crippen LogP contribution in [0.1, 0.15) is 28.6 Å². The lowest BCUT2D eigenvalue weighted by Crippen LogP contribution is -2.26. The van der Waals surface area contributed by atoms with Gasteiger partial charge in [-0.1, -0.05) is 31.2 Å². The number of para-hydroxylation sites is 1. The van der Waals surface area contributed by atoms with Crippen molar-refractivity contribution < 1.29 is 18.7 Å². The van der Waals surface area contributed by atoms with Crippen LogP contribution in [0.5, 0.6) is 5.75 Å². The fourth-order valence-corrected chi connectivity index (χ4v) is 2.62. The van der Waals surface area contributed by atoms with Crippen LogP contribution >= 0.6 is 0 Å². The van der Waals surface area contributed by atoms with E-state index in [1.165, 1.54) is 5.56 Å². The second kappa shape index (κ2) is 9.41. The molecule has 0 unspecified atom stereocenters. The van der Waals surface area contributed by atoms with Crippen molar-refractivity contribution in [3.63, 3.8) is 0 Å². The number of carbonyl (C=O) groups excluding carboxylic acids is 2. The molecule has 28 heavy (non-hydrogen) atoms. The maximum Gasteiger partial charge on any atom is 0.262 e. The maximum atomic E-state index is 12.4. The number of aryl methyl sites for hydroxylation is 1. The molecule has 3 rings (SSSR count). The minimum Gasteiger partial charge on any atom is -0.484 e. The number of hydrogen-bond acceptors (Lipinski definition) is 4. The molecule has 0 atom stereocenters.